The van der Waals surface area contributed by atoms with E-state index >= 15 is 0 Å². The summed E-state index contributed by atoms with van der Waals surface area (Å²) in [6, 6.07) is 14.4. The van der Waals surface area contributed by atoms with E-state index < -0.39 is 5.97 Å². The van der Waals surface area contributed by atoms with Crippen molar-refractivity contribution in [2.45, 2.75) is 31.8 Å². The Labute approximate surface area is 124 Å². The van der Waals surface area contributed by atoms with Gasteiger partial charge in [0.25, 0.3) is 0 Å². The van der Waals surface area contributed by atoms with Gasteiger partial charge in [0.1, 0.15) is 0 Å². The third-order valence-electron chi connectivity index (χ3n) is 4.22. The zero-order valence-corrected chi connectivity index (χ0v) is 12.0. The molecule has 2 aromatic rings. The summed E-state index contributed by atoms with van der Waals surface area (Å²) < 4.78 is 5.58. The second kappa shape index (κ2) is 6.27. The van der Waals surface area contributed by atoms with E-state index in [9.17, 15) is 9.90 Å². The van der Waals surface area contributed by atoms with Gasteiger partial charge in [0.15, 0.2) is 0 Å². The molecule has 1 heterocycles. The predicted octanol–water partition coefficient (Wildman–Crippen LogP) is 3.65. The van der Waals surface area contributed by atoms with Crippen LogP contribution in [0.25, 0.3) is 10.8 Å². The molecule has 1 aliphatic heterocycles. The number of benzene rings is 2. The van der Waals surface area contributed by atoms with Gasteiger partial charge in [-0.2, -0.15) is 0 Å². The van der Waals surface area contributed by atoms with Gasteiger partial charge in [-0.15, -0.1) is 0 Å². The summed E-state index contributed by atoms with van der Waals surface area (Å²) >= 11 is 0. The number of rotatable bonds is 5. The first-order valence-electron chi connectivity index (χ1n) is 7.54. The fraction of sp³-hybridized carbons (Fsp3) is 0.389. The molecular weight excluding hydrogens is 264 g/mol. The molecule has 0 aliphatic carbocycles. The number of hydrogen-bond acceptors (Lipinski definition) is 2. The van der Waals surface area contributed by atoms with Gasteiger partial charge < -0.3 is 9.84 Å². The number of carbonyl (C=O) groups is 1. The van der Waals surface area contributed by atoms with E-state index in [4.69, 9.17) is 4.74 Å². The fourth-order valence-electron chi connectivity index (χ4n) is 3.07. The Kier molecular flexibility index (Phi) is 4.20. The Morgan fingerprint density at radius 2 is 2.05 bits per heavy atom. The summed E-state index contributed by atoms with van der Waals surface area (Å²) in [7, 11) is 0. The maximum Gasteiger partial charge on any atom is 0.306 e. The smallest absolute Gasteiger partial charge is 0.306 e. The summed E-state index contributed by atoms with van der Waals surface area (Å²) in [6.07, 6.45) is 3.34. The molecule has 3 rings (SSSR count). The molecule has 21 heavy (non-hydrogen) atoms. The van der Waals surface area contributed by atoms with E-state index in [-0.39, 0.29) is 12.0 Å². The molecule has 3 nitrogen and oxygen atoms in total. The molecule has 2 aromatic carbocycles. The van der Waals surface area contributed by atoms with Gasteiger partial charge in [-0.1, -0.05) is 42.5 Å². The Morgan fingerprint density at radius 1 is 1.24 bits per heavy atom. The quantitative estimate of drug-likeness (QED) is 0.911. The van der Waals surface area contributed by atoms with Gasteiger partial charge in [0.05, 0.1) is 12.0 Å². The number of hydrogen-bond donors (Lipinski definition) is 1. The molecule has 1 saturated heterocycles. The van der Waals surface area contributed by atoms with E-state index in [0.717, 1.165) is 30.4 Å². The van der Waals surface area contributed by atoms with Crippen LogP contribution in [0.1, 0.15) is 24.8 Å². The minimum Gasteiger partial charge on any atom is -0.481 e. The maximum absolute atomic E-state index is 11.5. The van der Waals surface area contributed by atoms with Crippen molar-refractivity contribution in [3.8, 4) is 0 Å². The number of aliphatic carboxylic acids is 1. The van der Waals surface area contributed by atoms with Crippen molar-refractivity contribution in [1.82, 2.24) is 0 Å². The Morgan fingerprint density at radius 3 is 2.76 bits per heavy atom. The summed E-state index contributed by atoms with van der Waals surface area (Å²) in [5.41, 5.74) is 1.08. The van der Waals surface area contributed by atoms with Crippen LogP contribution in [-0.2, 0) is 16.0 Å². The lowest BCUT2D eigenvalue weighted by atomic mass is 9.92. The van der Waals surface area contributed by atoms with Crippen molar-refractivity contribution < 1.29 is 14.6 Å². The molecule has 0 aromatic heterocycles. The van der Waals surface area contributed by atoms with E-state index in [2.05, 4.69) is 24.3 Å². The fourth-order valence-corrected chi connectivity index (χ4v) is 3.07. The lowest BCUT2D eigenvalue weighted by Crippen LogP contribution is -2.22. The number of fused-ring (bicyclic) bond motifs is 1. The van der Waals surface area contributed by atoms with E-state index in [1.807, 2.05) is 18.2 Å². The number of carboxylic acids is 1. The molecule has 0 saturated carbocycles. The third-order valence-corrected chi connectivity index (χ3v) is 4.22. The normalized spacial score (nSPS) is 19.7. The zero-order valence-electron chi connectivity index (χ0n) is 12.0. The van der Waals surface area contributed by atoms with Crippen molar-refractivity contribution in [2.24, 2.45) is 5.92 Å². The molecule has 0 spiro atoms. The number of carboxylic acid groups (broad SMARTS) is 1. The number of ether oxygens (including phenoxy) is 1. The molecule has 2 unspecified atom stereocenters. The van der Waals surface area contributed by atoms with Crippen LogP contribution in [-0.4, -0.2) is 23.8 Å². The third kappa shape index (κ3) is 3.42. The minimum atomic E-state index is -0.723. The lowest BCUT2D eigenvalue weighted by Gasteiger charge is -2.17. The molecular formula is C18H20O3. The highest BCUT2D eigenvalue weighted by Gasteiger charge is 2.25. The van der Waals surface area contributed by atoms with Gasteiger partial charge in [-0.3, -0.25) is 4.79 Å². The van der Waals surface area contributed by atoms with Crippen LogP contribution < -0.4 is 0 Å². The Hall–Kier alpha value is -1.87. The van der Waals surface area contributed by atoms with Crippen LogP contribution in [0.3, 0.4) is 0 Å². The van der Waals surface area contributed by atoms with Crippen LogP contribution in [0.2, 0.25) is 0 Å². The predicted molar refractivity (Wildman–Crippen MR) is 82.4 cm³/mol. The molecule has 0 amide bonds. The topological polar surface area (TPSA) is 46.5 Å². The maximum atomic E-state index is 11.5. The molecule has 1 aliphatic rings. The van der Waals surface area contributed by atoms with Crippen LogP contribution in [0.15, 0.2) is 42.5 Å². The summed E-state index contributed by atoms with van der Waals surface area (Å²) in [6.45, 7) is 0.771. The first-order chi connectivity index (χ1) is 10.2. The van der Waals surface area contributed by atoms with Crippen molar-refractivity contribution in [2.75, 3.05) is 6.61 Å². The molecule has 0 bridgehead atoms. The molecule has 1 fully saturated rings. The molecule has 2 atom stereocenters. The second-order valence-electron chi connectivity index (χ2n) is 5.79. The summed E-state index contributed by atoms with van der Waals surface area (Å²) in [5, 5.41) is 11.8. The zero-order chi connectivity index (χ0) is 14.7. The highest BCUT2D eigenvalue weighted by molar-refractivity contribution is 5.83. The molecule has 1 N–H and O–H groups in total. The summed E-state index contributed by atoms with van der Waals surface area (Å²) in [5.74, 6) is -1.09. The van der Waals surface area contributed by atoms with Crippen molar-refractivity contribution in [3.63, 3.8) is 0 Å². The SMILES string of the molecule is O=C(O)C(Cc1ccc2ccccc2c1)CC1CCCO1. The second-order valence-corrected chi connectivity index (χ2v) is 5.79. The average molecular weight is 284 g/mol. The van der Waals surface area contributed by atoms with Crippen molar-refractivity contribution in [1.29, 1.82) is 0 Å². The van der Waals surface area contributed by atoms with Crippen molar-refractivity contribution >= 4 is 16.7 Å². The molecule has 0 radical (unpaired) electrons. The standard InChI is InChI=1S/C18H20O3/c19-18(20)16(12-17-6-3-9-21-17)11-13-7-8-14-4-1-2-5-15(14)10-13/h1-2,4-5,7-8,10,16-17H,3,6,9,11-12H2,(H,19,20). The highest BCUT2D eigenvalue weighted by Crippen LogP contribution is 2.24. The first-order valence-corrected chi connectivity index (χ1v) is 7.54. The van der Waals surface area contributed by atoms with Crippen molar-refractivity contribution in [3.05, 3.63) is 48.0 Å². The largest absolute Gasteiger partial charge is 0.481 e. The van der Waals surface area contributed by atoms with Crippen LogP contribution in [0.5, 0.6) is 0 Å². The van der Waals surface area contributed by atoms with Gasteiger partial charge in [-0.05, 0) is 42.0 Å². The molecule has 3 heteroatoms. The monoisotopic (exact) mass is 284 g/mol. The first kappa shape index (κ1) is 14.1. The van der Waals surface area contributed by atoms with Gasteiger partial charge in [-0.25, -0.2) is 0 Å². The molecule has 110 valence electrons. The van der Waals surface area contributed by atoms with Crippen LogP contribution in [0, 0.1) is 5.92 Å². The summed E-state index contributed by atoms with van der Waals surface area (Å²) in [4.78, 5) is 11.5. The Bertz CT molecular complexity index is 629. The van der Waals surface area contributed by atoms with Crippen LogP contribution in [0.4, 0.5) is 0 Å². The Balaban J connectivity index is 1.75. The van der Waals surface area contributed by atoms with E-state index in [1.54, 1.807) is 0 Å². The van der Waals surface area contributed by atoms with Gasteiger partial charge in [0.2, 0.25) is 0 Å². The van der Waals surface area contributed by atoms with E-state index in [1.165, 1.54) is 5.39 Å². The van der Waals surface area contributed by atoms with Gasteiger partial charge in [0, 0.05) is 6.61 Å². The lowest BCUT2D eigenvalue weighted by molar-refractivity contribution is -0.142. The van der Waals surface area contributed by atoms with Gasteiger partial charge >= 0.3 is 5.97 Å². The highest BCUT2D eigenvalue weighted by atomic mass is 16.5. The van der Waals surface area contributed by atoms with Crippen LogP contribution >= 0.6 is 0 Å². The van der Waals surface area contributed by atoms with E-state index in [0.29, 0.717) is 12.8 Å². The minimum absolute atomic E-state index is 0.117. The average Bonchev–Trinajstić information content (AvgIpc) is 2.99.